The summed E-state index contributed by atoms with van der Waals surface area (Å²) < 4.78 is 28.1. The lowest BCUT2D eigenvalue weighted by Crippen LogP contribution is -2.28. The molecule has 1 atom stereocenters. The molecule has 0 unspecified atom stereocenters. The molecule has 0 saturated heterocycles. The molecule has 0 aliphatic heterocycles. The SMILES string of the molecule is COc1cccc(CC(=O)N[C@H](C)c2ccc(S(C)(=O)=O)cc2)c1. The Hall–Kier alpha value is -2.34. The smallest absolute Gasteiger partial charge is 0.224 e. The van der Waals surface area contributed by atoms with Crippen molar-refractivity contribution in [3.63, 3.8) is 0 Å². The minimum atomic E-state index is -3.21. The molecule has 2 rings (SSSR count). The fourth-order valence-corrected chi connectivity index (χ4v) is 2.98. The van der Waals surface area contributed by atoms with Crippen molar-refractivity contribution in [2.75, 3.05) is 13.4 Å². The second-order valence-electron chi connectivity index (χ2n) is 5.66. The Balaban J connectivity index is 2.00. The van der Waals surface area contributed by atoms with E-state index in [0.29, 0.717) is 5.75 Å². The number of rotatable bonds is 6. The molecule has 0 radical (unpaired) electrons. The number of ether oxygens (including phenoxy) is 1. The van der Waals surface area contributed by atoms with E-state index in [1.807, 2.05) is 31.2 Å². The highest BCUT2D eigenvalue weighted by molar-refractivity contribution is 7.90. The van der Waals surface area contributed by atoms with Gasteiger partial charge in [-0.1, -0.05) is 24.3 Å². The van der Waals surface area contributed by atoms with Crippen molar-refractivity contribution in [3.05, 3.63) is 59.7 Å². The van der Waals surface area contributed by atoms with Crippen LogP contribution in [0.25, 0.3) is 0 Å². The van der Waals surface area contributed by atoms with E-state index in [2.05, 4.69) is 5.32 Å². The highest BCUT2D eigenvalue weighted by Crippen LogP contribution is 2.17. The van der Waals surface area contributed by atoms with Gasteiger partial charge in [-0.05, 0) is 42.3 Å². The van der Waals surface area contributed by atoms with Crippen molar-refractivity contribution in [1.29, 1.82) is 0 Å². The van der Waals surface area contributed by atoms with Crippen LogP contribution in [0.3, 0.4) is 0 Å². The van der Waals surface area contributed by atoms with E-state index in [4.69, 9.17) is 4.74 Å². The maximum atomic E-state index is 12.2. The second-order valence-corrected chi connectivity index (χ2v) is 7.67. The Bertz CT molecular complexity index is 813. The summed E-state index contributed by atoms with van der Waals surface area (Å²) in [6.07, 6.45) is 1.42. The Morgan fingerprint density at radius 3 is 2.42 bits per heavy atom. The highest BCUT2D eigenvalue weighted by atomic mass is 32.2. The van der Waals surface area contributed by atoms with Crippen LogP contribution in [0, 0.1) is 0 Å². The number of benzene rings is 2. The van der Waals surface area contributed by atoms with Gasteiger partial charge in [-0.2, -0.15) is 0 Å². The van der Waals surface area contributed by atoms with Gasteiger partial charge in [-0.3, -0.25) is 4.79 Å². The molecule has 0 spiro atoms. The topological polar surface area (TPSA) is 72.5 Å². The van der Waals surface area contributed by atoms with Crippen LogP contribution in [0.1, 0.15) is 24.1 Å². The Kier molecular flexibility index (Phi) is 5.62. The summed E-state index contributed by atoms with van der Waals surface area (Å²) in [4.78, 5) is 12.4. The third kappa shape index (κ3) is 4.83. The number of amides is 1. The van der Waals surface area contributed by atoms with Crippen molar-refractivity contribution in [2.45, 2.75) is 24.3 Å². The maximum absolute atomic E-state index is 12.2. The summed E-state index contributed by atoms with van der Waals surface area (Å²) in [5, 5.41) is 2.91. The third-order valence-corrected chi connectivity index (χ3v) is 4.81. The Morgan fingerprint density at radius 2 is 1.83 bits per heavy atom. The second kappa shape index (κ2) is 7.49. The normalized spacial score (nSPS) is 12.5. The van der Waals surface area contributed by atoms with Gasteiger partial charge in [0.05, 0.1) is 24.5 Å². The van der Waals surface area contributed by atoms with Gasteiger partial charge in [-0.25, -0.2) is 8.42 Å². The maximum Gasteiger partial charge on any atom is 0.224 e. The molecule has 0 bridgehead atoms. The molecular weight excluding hydrogens is 326 g/mol. The molecule has 1 N–H and O–H groups in total. The van der Waals surface area contributed by atoms with Crippen LogP contribution in [-0.4, -0.2) is 27.7 Å². The summed E-state index contributed by atoms with van der Waals surface area (Å²) in [6.45, 7) is 1.86. The van der Waals surface area contributed by atoms with Gasteiger partial charge in [0.2, 0.25) is 5.91 Å². The van der Waals surface area contributed by atoms with Gasteiger partial charge in [0, 0.05) is 6.26 Å². The van der Waals surface area contributed by atoms with Gasteiger partial charge in [0.1, 0.15) is 5.75 Å². The van der Waals surface area contributed by atoms with Crippen LogP contribution in [-0.2, 0) is 21.1 Å². The fraction of sp³-hybridized carbons (Fsp3) is 0.278. The molecule has 0 fully saturated rings. The van der Waals surface area contributed by atoms with Gasteiger partial charge in [0.15, 0.2) is 9.84 Å². The zero-order valence-corrected chi connectivity index (χ0v) is 14.8. The van der Waals surface area contributed by atoms with Crippen LogP contribution in [0.15, 0.2) is 53.4 Å². The summed E-state index contributed by atoms with van der Waals surface area (Å²) in [5.41, 5.74) is 1.72. The molecule has 128 valence electrons. The lowest BCUT2D eigenvalue weighted by Gasteiger charge is -2.15. The fourth-order valence-electron chi connectivity index (χ4n) is 2.35. The first-order chi connectivity index (χ1) is 11.3. The average molecular weight is 347 g/mol. The minimum absolute atomic E-state index is 0.108. The number of hydrogen-bond donors (Lipinski definition) is 1. The zero-order chi connectivity index (χ0) is 17.7. The third-order valence-electron chi connectivity index (χ3n) is 3.68. The molecule has 24 heavy (non-hydrogen) atoms. The Morgan fingerprint density at radius 1 is 1.17 bits per heavy atom. The van der Waals surface area contributed by atoms with Crippen LogP contribution in [0.5, 0.6) is 5.75 Å². The molecular formula is C18H21NO4S. The lowest BCUT2D eigenvalue weighted by molar-refractivity contribution is -0.121. The molecule has 0 aliphatic rings. The van der Waals surface area contributed by atoms with E-state index < -0.39 is 9.84 Å². The van der Waals surface area contributed by atoms with E-state index in [-0.39, 0.29) is 23.3 Å². The van der Waals surface area contributed by atoms with Crippen molar-refractivity contribution in [1.82, 2.24) is 5.32 Å². The molecule has 0 saturated carbocycles. The van der Waals surface area contributed by atoms with Crippen LogP contribution >= 0.6 is 0 Å². The molecule has 5 nitrogen and oxygen atoms in total. The molecule has 2 aromatic carbocycles. The Labute approximate surface area is 142 Å². The first-order valence-corrected chi connectivity index (χ1v) is 9.41. The van der Waals surface area contributed by atoms with Crippen molar-refractivity contribution in [2.24, 2.45) is 0 Å². The number of sulfone groups is 1. The molecule has 6 heteroatoms. The van der Waals surface area contributed by atoms with Crippen molar-refractivity contribution >= 4 is 15.7 Å². The average Bonchev–Trinajstić information content (AvgIpc) is 2.54. The van der Waals surface area contributed by atoms with E-state index >= 15 is 0 Å². The van der Waals surface area contributed by atoms with Gasteiger partial charge in [0.25, 0.3) is 0 Å². The lowest BCUT2D eigenvalue weighted by atomic mass is 10.1. The van der Waals surface area contributed by atoms with Crippen molar-refractivity contribution in [3.8, 4) is 5.75 Å². The largest absolute Gasteiger partial charge is 0.497 e. The van der Waals surface area contributed by atoms with E-state index in [0.717, 1.165) is 11.1 Å². The van der Waals surface area contributed by atoms with Gasteiger partial charge < -0.3 is 10.1 Å². The predicted molar refractivity (Wildman–Crippen MR) is 92.8 cm³/mol. The van der Waals surface area contributed by atoms with Crippen LogP contribution in [0.4, 0.5) is 0 Å². The number of methoxy groups -OCH3 is 1. The zero-order valence-electron chi connectivity index (χ0n) is 13.9. The molecule has 0 aromatic heterocycles. The summed E-state index contributed by atoms with van der Waals surface area (Å²) in [7, 11) is -1.63. The van der Waals surface area contributed by atoms with Gasteiger partial charge in [-0.15, -0.1) is 0 Å². The molecule has 0 aliphatic carbocycles. The summed E-state index contributed by atoms with van der Waals surface area (Å²) in [6, 6.07) is 13.7. The van der Waals surface area contributed by atoms with E-state index in [1.165, 1.54) is 6.26 Å². The molecule has 0 heterocycles. The van der Waals surface area contributed by atoms with Crippen LogP contribution in [0.2, 0.25) is 0 Å². The van der Waals surface area contributed by atoms with Crippen LogP contribution < -0.4 is 10.1 Å². The predicted octanol–water partition coefficient (Wildman–Crippen LogP) is 2.52. The van der Waals surface area contributed by atoms with E-state index in [1.54, 1.807) is 31.4 Å². The molecule has 1 amide bonds. The standard InChI is InChI=1S/C18H21NO4S/c1-13(15-7-9-17(10-8-15)24(3,21)22)19-18(20)12-14-5-4-6-16(11-14)23-2/h4-11,13H,12H2,1-3H3,(H,19,20)/t13-/m1/s1. The summed E-state index contributed by atoms with van der Waals surface area (Å²) in [5.74, 6) is 0.604. The minimum Gasteiger partial charge on any atom is -0.497 e. The highest BCUT2D eigenvalue weighted by Gasteiger charge is 2.12. The number of hydrogen-bond acceptors (Lipinski definition) is 4. The number of carbonyl (C=O) groups excluding carboxylic acids is 1. The number of nitrogens with one attached hydrogen (secondary N) is 1. The quantitative estimate of drug-likeness (QED) is 0.871. The number of carbonyl (C=O) groups is 1. The first kappa shape index (κ1) is 18.0. The van der Waals surface area contributed by atoms with Gasteiger partial charge >= 0.3 is 0 Å². The first-order valence-electron chi connectivity index (χ1n) is 7.52. The summed E-state index contributed by atoms with van der Waals surface area (Å²) >= 11 is 0. The van der Waals surface area contributed by atoms with E-state index in [9.17, 15) is 13.2 Å². The monoisotopic (exact) mass is 347 g/mol. The van der Waals surface area contributed by atoms with Crippen molar-refractivity contribution < 1.29 is 17.9 Å². The molecule has 2 aromatic rings.